The maximum atomic E-state index is 11.6. The van der Waals surface area contributed by atoms with Crippen molar-refractivity contribution < 1.29 is 14.8 Å². The van der Waals surface area contributed by atoms with Gasteiger partial charge >= 0.3 is 11.7 Å². The molecular formula is C18H14ClN5O4. The lowest BCUT2D eigenvalue weighted by Crippen LogP contribution is -2.08. The Morgan fingerprint density at radius 2 is 1.71 bits per heavy atom. The molecule has 0 fully saturated rings. The van der Waals surface area contributed by atoms with Crippen molar-refractivity contribution in [3.05, 3.63) is 81.1 Å². The molecule has 0 bridgehead atoms. The highest BCUT2D eigenvalue weighted by molar-refractivity contribution is 6.30. The van der Waals surface area contributed by atoms with E-state index in [1.165, 1.54) is 30.6 Å². The Morgan fingerprint density at radius 1 is 1.07 bits per heavy atom. The van der Waals surface area contributed by atoms with E-state index in [0.29, 0.717) is 17.3 Å². The van der Waals surface area contributed by atoms with E-state index < -0.39 is 10.9 Å². The Morgan fingerprint density at radius 3 is 2.32 bits per heavy atom. The number of anilines is 3. The summed E-state index contributed by atoms with van der Waals surface area (Å²) in [5.41, 5.74) is 1.11. The van der Waals surface area contributed by atoms with Crippen LogP contribution in [0.3, 0.4) is 0 Å². The molecule has 0 amide bonds. The Bertz CT molecular complexity index is 1010. The van der Waals surface area contributed by atoms with Crippen LogP contribution in [-0.2, 0) is 6.54 Å². The van der Waals surface area contributed by atoms with Crippen LogP contribution in [0.15, 0.2) is 54.9 Å². The fourth-order valence-electron chi connectivity index (χ4n) is 2.39. The van der Waals surface area contributed by atoms with E-state index in [4.69, 9.17) is 16.7 Å². The first-order chi connectivity index (χ1) is 13.4. The van der Waals surface area contributed by atoms with E-state index in [2.05, 4.69) is 20.6 Å². The van der Waals surface area contributed by atoms with Crippen LogP contribution >= 0.6 is 11.6 Å². The van der Waals surface area contributed by atoms with Gasteiger partial charge in [-0.05, 0) is 42.0 Å². The molecule has 0 aliphatic carbocycles. The lowest BCUT2D eigenvalue weighted by atomic mass is 10.2. The van der Waals surface area contributed by atoms with E-state index in [1.807, 2.05) is 0 Å². The molecule has 3 rings (SSSR count). The minimum absolute atomic E-state index is 0.0123. The topological polar surface area (TPSA) is 130 Å². The number of aromatic nitrogens is 2. The minimum Gasteiger partial charge on any atom is -0.478 e. The van der Waals surface area contributed by atoms with E-state index in [0.717, 1.165) is 5.56 Å². The Labute approximate surface area is 164 Å². The van der Waals surface area contributed by atoms with Crippen LogP contribution in [0.1, 0.15) is 15.9 Å². The van der Waals surface area contributed by atoms with Crippen LogP contribution in [-0.4, -0.2) is 26.0 Å². The van der Waals surface area contributed by atoms with Gasteiger partial charge in [0, 0.05) is 17.3 Å². The number of nitro groups is 1. The molecular weight excluding hydrogens is 386 g/mol. The SMILES string of the molecule is O=C(O)c1ccc(Nc2ncnc(NCc3ccc(Cl)cc3)c2[N+](=O)[O-])cc1. The van der Waals surface area contributed by atoms with E-state index >= 15 is 0 Å². The maximum Gasteiger partial charge on any atom is 0.353 e. The molecule has 0 saturated heterocycles. The number of aromatic carboxylic acids is 1. The number of carbonyl (C=O) groups is 1. The lowest BCUT2D eigenvalue weighted by molar-refractivity contribution is -0.383. The summed E-state index contributed by atoms with van der Waals surface area (Å²) in [5, 5.41) is 26.9. The van der Waals surface area contributed by atoms with Gasteiger partial charge in [-0.25, -0.2) is 14.8 Å². The molecule has 3 aromatic rings. The average Bonchev–Trinajstić information content (AvgIpc) is 2.68. The summed E-state index contributed by atoms with van der Waals surface area (Å²) in [5.74, 6) is -1.02. The summed E-state index contributed by atoms with van der Waals surface area (Å²) in [6.45, 7) is 0.307. The van der Waals surface area contributed by atoms with Crippen molar-refractivity contribution in [3.63, 3.8) is 0 Å². The van der Waals surface area contributed by atoms with Gasteiger partial charge < -0.3 is 15.7 Å². The molecule has 3 N–H and O–H groups in total. The molecule has 0 aliphatic heterocycles. The predicted octanol–water partition coefficient (Wildman–Crippen LogP) is 4.09. The van der Waals surface area contributed by atoms with E-state index in [9.17, 15) is 14.9 Å². The highest BCUT2D eigenvalue weighted by atomic mass is 35.5. The molecule has 0 radical (unpaired) electrons. The third-order valence-corrected chi connectivity index (χ3v) is 4.02. The van der Waals surface area contributed by atoms with Crippen molar-refractivity contribution in [2.24, 2.45) is 0 Å². The smallest absolute Gasteiger partial charge is 0.353 e. The van der Waals surface area contributed by atoms with Gasteiger partial charge in [0.05, 0.1) is 10.5 Å². The molecule has 1 aromatic heterocycles. The Hall–Kier alpha value is -3.72. The van der Waals surface area contributed by atoms with Crippen LogP contribution in [0.2, 0.25) is 5.02 Å². The van der Waals surface area contributed by atoms with Crippen LogP contribution in [0, 0.1) is 10.1 Å². The zero-order valence-electron chi connectivity index (χ0n) is 14.3. The molecule has 0 atom stereocenters. The van der Waals surface area contributed by atoms with Crippen LogP contribution in [0.5, 0.6) is 0 Å². The number of halogens is 1. The molecule has 1 heterocycles. The summed E-state index contributed by atoms with van der Waals surface area (Å²) in [6, 6.07) is 12.8. The normalized spacial score (nSPS) is 10.3. The van der Waals surface area contributed by atoms with Crippen molar-refractivity contribution in [3.8, 4) is 0 Å². The highest BCUT2D eigenvalue weighted by Gasteiger charge is 2.23. The number of nitrogens with zero attached hydrogens (tertiary/aromatic N) is 3. The molecule has 9 nitrogen and oxygen atoms in total. The van der Waals surface area contributed by atoms with Gasteiger partial charge in [-0.3, -0.25) is 10.1 Å². The molecule has 0 spiro atoms. The van der Waals surface area contributed by atoms with Crippen LogP contribution in [0.25, 0.3) is 0 Å². The lowest BCUT2D eigenvalue weighted by Gasteiger charge is -2.10. The third kappa shape index (κ3) is 4.51. The van der Waals surface area contributed by atoms with E-state index in [1.54, 1.807) is 24.3 Å². The molecule has 0 unspecified atom stereocenters. The van der Waals surface area contributed by atoms with Crippen molar-refractivity contribution >= 4 is 40.6 Å². The van der Waals surface area contributed by atoms with Crippen molar-refractivity contribution in [2.75, 3.05) is 10.6 Å². The number of carboxylic acids is 1. The zero-order chi connectivity index (χ0) is 20.1. The average molecular weight is 400 g/mol. The second-order valence-corrected chi connectivity index (χ2v) is 6.10. The summed E-state index contributed by atoms with van der Waals surface area (Å²) in [4.78, 5) is 29.8. The number of rotatable bonds is 7. The quantitative estimate of drug-likeness (QED) is 0.400. The molecule has 142 valence electrons. The molecule has 0 saturated carbocycles. The fraction of sp³-hybridized carbons (Fsp3) is 0.0556. The first-order valence-electron chi connectivity index (χ1n) is 8.02. The van der Waals surface area contributed by atoms with Crippen molar-refractivity contribution in [1.29, 1.82) is 0 Å². The standard InChI is InChI=1S/C18H14ClN5O4/c19-13-5-1-11(2-6-13)9-20-16-15(24(27)28)17(22-10-21-16)23-14-7-3-12(4-8-14)18(25)26/h1-8,10H,9H2,(H,25,26)(H2,20,21,22,23). The van der Waals surface area contributed by atoms with Gasteiger partial charge in [0.15, 0.2) is 0 Å². The zero-order valence-corrected chi connectivity index (χ0v) is 15.1. The van der Waals surface area contributed by atoms with Gasteiger partial charge in [-0.1, -0.05) is 23.7 Å². The monoisotopic (exact) mass is 399 g/mol. The van der Waals surface area contributed by atoms with Gasteiger partial charge in [-0.2, -0.15) is 0 Å². The van der Waals surface area contributed by atoms with E-state index in [-0.39, 0.29) is 22.9 Å². The summed E-state index contributed by atoms with van der Waals surface area (Å²) in [6.07, 6.45) is 1.20. The van der Waals surface area contributed by atoms with Crippen LogP contribution < -0.4 is 10.6 Å². The number of hydrogen-bond acceptors (Lipinski definition) is 7. The van der Waals surface area contributed by atoms with Crippen molar-refractivity contribution in [2.45, 2.75) is 6.54 Å². The largest absolute Gasteiger partial charge is 0.478 e. The van der Waals surface area contributed by atoms with Gasteiger partial charge in [0.1, 0.15) is 6.33 Å². The Kier molecular flexibility index (Phi) is 5.66. The fourth-order valence-corrected chi connectivity index (χ4v) is 2.52. The third-order valence-electron chi connectivity index (χ3n) is 3.77. The maximum absolute atomic E-state index is 11.6. The van der Waals surface area contributed by atoms with Gasteiger partial charge in [-0.15, -0.1) is 0 Å². The molecule has 2 aromatic carbocycles. The predicted molar refractivity (Wildman–Crippen MR) is 104 cm³/mol. The molecule has 28 heavy (non-hydrogen) atoms. The first-order valence-corrected chi connectivity index (χ1v) is 8.40. The summed E-state index contributed by atoms with van der Waals surface area (Å²) in [7, 11) is 0. The highest BCUT2D eigenvalue weighted by Crippen LogP contribution is 2.31. The van der Waals surface area contributed by atoms with Gasteiger partial charge in [0.2, 0.25) is 11.6 Å². The number of hydrogen-bond donors (Lipinski definition) is 3. The minimum atomic E-state index is -1.06. The summed E-state index contributed by atoms with van der Waals surface area (Å²) < 4.78 is 0. The number of benzene rings is 2. The molecule has 0 aliphatic rings. The molecule has 10 heteroatoms. The number of carboxylic acid groups (broad SMARTS) is 1. The summed E-state index contributed by atoms with van der Waals surface area (Å²) >= 11 is 5.85. The first kappa shape index (κ1) is 19.1. The van der Waals surface area contributed by atoms with Gasteiger partial charge in [0.25, 0.3) is 0 Å². The second-order valence-electron chi connectivity index (χ2n) is 5.66. The Balaban J connectivity index is 1.83. The van der Waals surface area contributed by atoms with Crippen molar-refractivity contribution in [1.82, 2.24) is 9.97 Å². The van der Waals surface area contributed by atoms with Crippen LogP contribution in [0.4, 0.5) is 23.0 Å². The second kappa shape index (κ2) is 8.31. The number of nitrogens with one attached hydrogen (secondary N) is 2.